The minimum atomic E-state index is -4.43. The number of rotatable bonds is 7. The Morgan fingerprint density at radius 1 is 1.24 bits per heavy atom. The van der Waals surface area contributed by atoms with Crippen molar-refractivity contribution in [1.82, 2.24) is 15.5 Å². The third kappa shape index (κ3) is 5.55. The zero-order valence-electron chi connectivity index (χ0n) is 14.9. The first-order chi connectivity index (χ1) is 13.8. The van der Waals surface area contributed by atoms with E-state index >= 15 is 0 Å². The van der Waals surface area contributed by atoms with Crippen LogP contribution in [0.4, 0.5) is 13.2 Å². The quantitative estimate of drug-likeness (QED) is 0.625. The predicted octanol–water partition coefficient (Wildman–Crippen LogP) is 2.93. The topological polar surface area (TPSA) is 97.5 Å². The van der Waals surface area contributed by atoms with E-state index in [1.54, 1.807) is 24.5 Å². The molecule has 0 saturated carbocycles. The first-order valence-corrected chi connectivity index (χ1v) is 8.46. The van der Waals surface area contributed by atoms with Crippen LogP contribution >= 0.6 is 0 Å². The Kier molecular flexibility index (Phi) is 6.13. The van der Waals surface area contributed by atoms with Crippen molar-refractivity contribution in [3.63, 3.8) is 0 Å². The monoisotopic (exact) mass is 407 g/mol. The molecule has 1 aromatic carbocycles. The van der Waals surface area contributed by atoms with Crippen LogP contribution in [0, 0.1) is 0 Å². The average Bonchev–Trinajstić information content (AvgIpc) is 3.21. The first-order valence-electron chi connectivity index (χ1n) is 8.46. The van der Waals surface area contributed by atoms with Crippen LogP contribution < -0.4 is 10.1 Å². The van der Waals surface area contributed by atoms with Crippen LogP contribution in [0.2, 0.25) is 0 Å². The lowest BCUT2D eigenvalue weighted by Crippen LogP contribution is -2.35. The number of carbonyl (C=O) groups is 1. The summed E-state index contributed by atoms with van der Waals surface area (Å²) < 4.78 is 47.9. The fraction of sp³-hybridized carbons (Fsp3) is 0.211. The molecular formula is C19H16F3N3O4. The highest BCUT2D eigenvalue weighted by atomic mass is 19.4. The SMILES string of the molecule is O=C(NCC(O)COc1ccc(C(F)(F)F)cc1)c1cc(-c2cccnc2)on1. The lowest BCUT2D eigenvalue weighted by molar-refractivity contribution is -0.137. The molecular weight excluding hydrogens is 391 g/mol. The number of pyridine rings is 1. The number of benzene rings is 1. The number of hydrogen-bond acceptors (Lipinski definition) is 6. The van der Waals surface area contributed by atoms with Gasteiger partial charge in [0.2, 0.25) is 0 Å². The lowest BCUT2D eigenvalue weighted by Gasteiger charge is -2.13. The van der Waals surface area contributed by atoms with E-state index in [9.17, 15) is 23.1 Å². The van der Waals surface area contributed by atoms with Crippen LogP contribution in [-0.4, -0.2) is 40.4 Å². The second-order valence-electron chi connectivity index (χ2n) is 6.02. The minimum absolute atomic E-state index is 0.0275. The molecule has 0 aliphatic heterocycles. The van der Waals surface area contributed by atoms with Crippen LogP contribution in [0.3, 0.4) is 0 Å². The van der Waals surface area contributed by atoms with Gasteiger partial charge in [-0.25, -0.2) is 0 Å². The van der Waals surface area contributed by atoms with Crippen molar-refractivity contribution in [2.45, 2.75) is 12.3 Å². The maximum absolute atomic E-state index is 12.5. The van der Waals surface area contributed by atoms with Crippen molar-refractivity contribution in [2.24, 2.45) is 0 Å². The fourth-order valence-corrected chi connectivity index (χ4v) is 2.32. The summed E-state index contributed by atoms with van der Waals surface area (Å²) in [6.07, 6.45) is -2.35. The van der Waals surface area contributed by atoms with Gasteiger partial charge >= 0.3 is 6.18 Å². The molecule has 152 valence electrons. The molecule has 0 bridgehead atoms. The number of aliphatic hydroxyl groups excluding tert-OH is 1. The molecule has 0 saturated heterocycles. The molecule has 0 fully saturated rings. The molecule has 10 heteroatoms. The molecule has 2 heterocycles. The van der Waals surface area contributed by atoms with Gasteiger partial charge in [0.05, 0.1) is 5.56 Å². The summed E-state index contributed by atoms with van der Waals surface area (Å²) in [5, 5.41) is 16.0. The zero-order valence-corrected chi connectivity index (χ0v) is 14.9. The number of aromatic nitrogens is 2. The number of alkyl halides is 3. The van der Waals surface area contributed by atoms with E-state index in [1.165, 1.54) is 6.07 Å². The van der Waals surface area contributed by atoms with Gasteiger partial charge in [0, 0.05) is 30.6 Å². The molecule has 3 rings (SSSR count). The van der Waals surface area contributed by atoms with Gasteiger partial charge in [-0.1, -0.05) is 5.16 Å². The van der Waals surface area contributed by atoms with Gasteiger partial charge in [-0.2, -0.15) is 13.2 Å². The van der Waals surface area contributed by atoms with E-state index in [4.69, 9.17) is 9.26 Å². The van der Waals surface area contributed by atoms with Gasteiger partial charge in [0.25, 0.3) is 5.91 Å². The smallest absolute Gasteiger partial charge is 0.416 e. The molecule has 0 spiro atoms. The summed E-state index contributed by atoms with van der Waals surface area (Å²) in [5.41, 5.74) is -0.111. The van der Waals surface area contributed by atoms with E-state index in [2.05, 4.69) is 15.5 Å². The van der Waals surface area contributed by atoms with Crippen LogP contribution in [0.1, 0.15) is 16.1 Å². The van der Waals surface area contributed by atoms with E-state index in [0.29, 0.717) is 11.3 Å². The highest BCUT2D eigenvalue weighted by molar-refractivity contribution is 5.93. The van der Waals surface area contributed by atoms with Crippen LogP contribution in [0.5, 0.6) is 5.75 Å². The lowest BCUT2D eigenvalue weighted by atomic mass is 10.2. The molecule has 2 aromatic heterocycles. The van der Waals surface area contributed by atoms with Gasteiger partial charge in [-0.05, 0) is 36.4 Å². The van der Waals surface area contributed by atoms with E-state index in [0.717, 1.165) is 24.3 Å². The molecule has 2 N–H and O–H groups in total. The first kappa shape index (κ1) is 20.3. The van der Waals surface area contributed by atoms with Gasteiger partial charge in [0.15, 0.2) is 11.5 Å². The van der Waals surface area contributed by atoms with Crippen molar-refractivity contribution >= 4 is 5.91 Å². The fourth-order valence-electron chi connectivity index (χ4n) is 2.32. The van der Waals surface area contributed by atoms with Crippen LogP contribution in [-0.2, 0) is 6.18 Å². The number of carbonyl (C=O) groups excluding carboxylic acids is 1. The van der Waals surface area contributed by atoms with Crippen molar-refractivity contribution in [1.29, 1.82) is 0 Å². The Bertz CT molecular complexity index is 943. The third-order valence-corrected chi connectivity index (χ3v) is 3.81. The molecule has 0 aliphatic rings. The van der Waals surface area contributed by atoms with Crippen molar-refractivity contribution in [3.8, 4) is 17.1 Å². The minimum Gasteiger partial charge on any atom is -0.491 e. The second kappa shape index (κ2) is 8.74. The summed E-state index contributed by atoms with van der Waals surface area (Å²) in [6, 6.07) is 8.98. The maximum Gasteiger partial charge on any atom is 0.416 e. The molecule has 3 aromatic rings. The van der Waals surface area contributed by atoms with Crippen LogP contribution in [0.25, 0.3) is 11.3 Å². The molecule has 1 amide bonds. The maximum atomic E-state index is 12.5. The van der Waals surface area contributed by atoms with Gasteiger partial charge in [-0.3, -0.25) is 9.78 Å². The van der Waals surface area contributed by atoms with Gasteiger partial charge in [-0.15, -0.1) is 0 Å². The van der Waals surface area contributed by atoms with Crippen LogP contribution in [0.15, 0.2) is 59.4 Å². The summed E-state index contributed by atoms with van der Waals surface area (Å²) in [5.74, 6) is -0.0205. The predicted molar refractivity (Wildman–Crippen MR) is 95.0 cm³/mol. The summed E-state index contributed by atoms with van der Waals surface area (Å²) in [6.45, 7) is -0.361. The molecule has 29 heavy (non-hydrogen) atoms. The average molecular weight is 407 g/mol. The molecule has 1 unspecified atom stereocenters. The second-order valence-corrected chi connectivity index (χ2v) is 6.02. The number of hydrogen-bond donors (Lipinski definition) is 2. The number of nitrogens with zero attached hydrogens (tertiary/aromatic N) is 2. The Labute approximate surface area is 163 Å². The zero-order chi connectivity index (χ0) is 20.9. The Morgan fingerprint density at radius 2 is 2.00 bits per heavy atom. The third-order valence-electron chi connectivity index (χ3n) is 3.81. The number of halogens is 3. The van der Waals surface area contributed by atoms with Gasteiger partial charge in [0.1, 0.15) is 18.5 Å². The number of nitrogens with one attached hydrogen (secondary N) is 1. The van der Waals surface area contributed by atoms with Crippen molar-refractivity contribution in [2.75, 3.05) is 13.2 Å². The summed E-state index contributed by atoms with van der Waals surface area (Å²) in [7, 11) is 0. The van der Waals surface area contributed by atoms with Crippen molar-refractivity contribution in [3.05, 3.63) is 66.1 Å². The van der Waals surface area contributed by atoms with E-state index < -0.39 is 23.8 Å². The largest absolute Gasteiger partial charge is 0.491 e. The summed E-state index contributed by atoms with van der Waals surface area (Å²) in [4.78, 5) is 16.0. The van der Waals surface area contributed by atoms with E-state index in [1.807, 2.05) is 0 Å². The van der Waals surface area contributed by atoms with Gasteiger partial charge < -0.3 is 19.7 Å². The molecule has 0 radical (unpaired) electrons. The number of ether oxygens (including phenoxy) is 1. The Morgan fingerprint density at radius 3 is 2.66 bits per heavy atom. The highest BCUT2D eigenvalue weighted by Crippen LogP contribution is 2.30. The summed E-state index contributed by atoms with van der Waals surface area (Å²) >= 11 is 0. The van der Waals surface area contributed by atoms with E-state index in [-0.39, 0.29) is 24.6 Å². The normalized spacial score (nSPS) is 12.4. The molecule has 7 nitrogen and oxygen atoms in total. The van der Waals surface area contributed by atoms with Crippen molar-refractivity contribution < 1.29 is 32.3 Å². The Hall–Kier alpha value is -3.40. The number of amides is 1. The highest BCUT2D eigenvalue weighted by Gasteiger charge is 2.30. The number of aliphatic hydroxyl groups is 1. The Balaban J connectivity index is 1.46. The molecule has 1 atom stereocenters. The molecule has 0 aliphatic carbocycles. The standard InChI is InChI=1S/C19H16F3N3O4/c20-19(21,22)13-3-5-15(6-4-13)28-11-14(26)10-24-18(27)16-8-17(29-25-16)12-2-1-7-23-9-12/h1-9,14,26H,10-11H2,(H,24,27).